The van der Waals surface area contributed by atoms with Crippen molar-refractivity contribution >= 4 is 40.3 Å². The van der Waals surface area contributed by atoms with Crippen LogP contribution in [-0.2, 0) is 4.79 Å². The fraction of sp³-hybridized carbons (Fsp3) is 0.118. The van der Waals surface area contributed by atoms with E-state index in [1.54, 1.807) is 36.4 Å². The Bertz CT molecular complexity index is 793. The lowest BCUT2D eigenvalue weighted by Crippen LogP contribution is -2.46. The fourth-order valence-electron chi connectivity index (χ4n) is 2.40. The highest BCUT2D eigenvalue weighted by Gasteiger charge is 2.36. The predicted molar refractivity (Wildman–Crippen MR) is 96.1 cm³/mol. The molecule has 122 valence electrons. The molecule has 0 radical (unpaired) electrons. The number of nitrogens with zero attached hydrogens (tertiary/aromatic N) is 1. The van der Waals surface area contributed by atoms with E-state index in [0.717, 1.165) is 5.56 Å². The number of amides is 2. The van der Waals surface area contributed by atoms with Gasteiger partial charge in [0.1, 0.15) is 6.04 Å². The summed E-state index contributed by atoms with van der Waals surface area (Å²) in [6.07, 6.45) is 0. The summed E-state index contributed by atoms with van der Waals surface area (Å²) in [5.41, 5.74) is 7.06. The maximum atomic E-state index is 12.4. The average molecular weight is 360 g/mol. The van der Waals surface area contributed by atoms with Crippen LogP contribution in [0.4, 0.5) is 0 Å². The van der Waals surface area contributed by atoms with E-state index >= 15 is 0 Å². The molecule has 1 aliphatic rings. The molecule has 0 aromatic heterocycles. The first-order chi connectivity index (χ1) is 11.5. The van der Waals surface area contributed by atoms with Gasteiger partial charge in [0, 0.05) is 10.6 Å². The summed E-state index contributed by atoms with van der Waals surface area (Å²) in [6, 6.07) is 15.0. The summed E-state index contributed by atoms with van der Waals surface area (Å²) in [5.74, 6) is -0.792. The Morgan fingerprint density at radius 1 is 1.12 bits per heavy atom. The number of aliphatic imine (C=N–C) groups is 1. The Kier molecular flexibility index (Phi) is 4.87. The third-order valence-electron chi connectivity index (χ3n) is 3.56. The standard InChI is InChI=1S/C17H14ClN3O2S/c18-12-8-6-10(7-9-12)14-13(16(23)21-17(19)24-14)20-15(22)11-4-2-1-3-5-11/h1-9,13-14H,(H,20,22)(H2,19,21,23)/t13-,14-/m1/s1. The SMILES string of the molecule is NC1=NC(=O)[C@H](NC(=O)c2ccccc2)[C@@H](c2ccc(Cl)cc2)S1. The van der Waals surface area contributed by atoms with Gasteiger partial charge in [0.15, 0.2) is 5.17 Å². The summed E-state index contributed by atoms with van der Waals surface area (Å²) < 4.78 is 0. The van der Waals surface area contributed by atoms with Crippen LogP contribution in [0.5, 0.6) is 0 Å². The monoisotopic (exact) mass is 359 g/mol. The number of carbonyl (C=O) groups excluding carboxylic acids is 2. The third-order valence-corrected chi connectivity index (χ3v) is 4.94. The van der Waals surface area contributed by atoms with E-state index in [1.165, 1.54) is 11.8 Å². The Balaban J connectivity index is 1.88. The molecule has 2 atom stereocenters. The smallest absolute Gasteiger partial charge is 0.272 e. The van der Waals surface area contributed by atoms with Crippen molar-refractivity contribution in [3.8, 4) is 0 Å². The maximum absolute atomic E-state index is 12.4. The minimum atomic E-state index is -0.795. The van der Waals surface area contributed by atoms with Crippen LogP contribution in [0, 0.1) is 0 Å². The molecule has 0 fully saturated rings. The highest BCUT2D eigenvalue weighted by atomic mass is 35.5. The van der Waals surface area contributed by atoms with Gasteiger partial charge in [0.25, 0.3) is 11.8 Å². The van der Waals surface area contributed by atoms with Crippen molar-refractivity contribution in [2.45, 2.75) is 11.3 Å². The van der Waals surface area contributed by atoms with E-state index in [-0.39, 0.29) is 16.3 Å². The fourth-order valence-corrected chi connectivity index (χ4v) is 3.54. The van der Waals surface area contributed by atoms with Crippen LogP contribution < -0.4 is 11.1 Å². The van der Waals surface area contributed by atoms with Crippen LogP contribution in [0.25, 0.3) is 0 Å². The second-order valence-electron chi connectivity index (χ2n) is 5.20. The van der Waals surface area contributed by atoms with Crippen LogP contribution in [0.2, 0.25) is 5.02 Å². The molecule has 0 aliphatic carbocycles. The number of nitrogens with two attached hydrogens (primary N) is 1. The lowest BCUT2D eigenvalue weighted by Gasteiger charge is -2.28. The van der Waals surface area contributed by atoms with Gasteiger partial charge in [-0.3, -0.25) is 9.59 Å². The molecule has 1 aliphatic heterocycles. The first-order valence-electron chi connectivity index (χ1n) is 7.20. The number of thioether (sulfide) groups is 1. The summed E-state index contributed by atoms with van der Waals surface area (Å²) in [5, 5.41) is 3.18. The van der Waals surface area contributed by atoms with Crippen LogP contribution in [0.1, 0.15) is 21.2 Å². The highest BCUT2D eigenvalue weighted by molar-refractivity contribution is 8.14. The zero-order valence-corrected chi connectivity index (χ0v) is 14.1. The van der Waals surface area contributed by atoms with Crippen molar-refractivity contribution in [1.82, 2.24) is 5.32 Å². The summed E-state index contributed by atoms with van der Waals surface area (Å²) in [6.45, 7) is 0. The molecule has 0 unspecified atom stereocenters. The van der Waals surface area contributed by atoms with E-state index in [0.29, 0.717) is 10.6 Å². The van der Waals surface area contributed by atoms with Crippen molar-refractivity contribution in [3.05, 3.63) is 70.7 Å². The number of hydrogen-bond donors (Lipinski definition) is 2. The molecular weight excluding hydrogens is 346 g/mol. The number of halogens is 1. The van der Waals surface area contributed by atoms with Crippen molar-refractivity contribution in [1.29, 1.82) is 0 Å². The lowest BCUT2D eigenvalue weighted by molar-refractivity contribution is -0.119. The molecular formula is C17H14ClN3O2S. The van der Waals surface area contributed by atoms with Crippen LogP contribution in [0.3, 0.4) is 0 Å². The van der Waals surface area contributed by atoms with Crippen LogP contribution in [-0.4, -0.2) is 23.0 Å². The van der Waals surface area contributed by atoms with Gasteiger partial charge in [0.2, 0.25) is 0 Å². The van der Waals surface area contributed by atoms with E-state index in [4.69, 9.17) is 17.3 Å². The number of benzene rings is 2. The van der Waals surface area contributed by atoms with Crippen LogP contribution in [0.15, 0.2) is 59.6 Å². The number of nitrogens with one attached hydrogen (secondary N) is 1. The summed E-state index contributed by atoms with van der Waals surface area (Å²) in [4.78, 5) is 28.5. The second kappa shape index (κ2) is 7.07. The summed E-state index contributed by atoms with van der Waals surface area (Å²) in [7, 11) is 0. The molecule has 3 rings (SSSR count). The quantitative estimate of drug-likeness (QED) is 0.882. The molecule has 2 amide bonds. The Labute approximate surface area is 148 Å². The number of rotatable bonds is 3. The zero-order chi connectivity index (χ0) is 17.1. The maximum Gasteiger partial charge on any atom is 0.272 e. The molecule has 0 saturated carbocycles. The first-order valence-corrected chi connectivity index (χ1v) is 8.46. The molecule has 0 spiro atoms. The van der Waals surface area contributed by atoms with Crippen molar-refractivity contribution in [2.24, 2.45) is 10.7 Å². The van der Waals surface area contributed by atoms with Crippen molar-refractivity contribution in [3.63, 3.8) is 0 Å². The molecule has 2 aromatic carbocycles. The first kappa shape index (κ1) is 16.5. The predicted octanol–water partition coefficient (Wildman–Crippen LogP) is 2.77. The molecule has 0 bridgehead atoms. The third kappa shape index (κ3) is 3.60. The van der Waals surface area contributed by atoms with Gasteiger partial charge in [-0.1, -0.05) is 53.7 Å². The minimum Gasteiger partial charge on any atom is -0.378 e. The van der Waals surface area contributed by atoms with Gasteiger partial charge in [-0.05, 0) is 29.8 Å². The highest BCUT2D eigenvalue weighted by Crippen LogP contribution is 2.36. The number of amidine groups is 1. The van der Waals surface area contributed by atoms with Gasteiger partial charge in [-0.2, -0.15) is 4.99 Å². The molecule has 3 N–H and O–H groups in total. The number of hydrogen-bond acceptors (Lipinski definition) is 4. The molecule has 24 heavy (non-hydrogen) atoms. The van der Waals surface area contributed by atoms with Gasteiger partial charge in [0.05, 0.1) is 5.25 Å². The second-order valence-corrected chi connectivity index (χ2v) is 6.79. The van der Waals surface area contributed by atoms with E-state index in [2.05, 4.69) is 10.3 Å². The topological polar surface area (TPSA) is 84.5 Å². The Morgan fingerprint density at radius 2 is 1.79 bits per heavy atom. The van der Waals surface area contributed by atoms with Crippen LogP contribution >= 0.6 is 23.4 Å². The largest absolute Gasteiger partial charge is 0.378 e. The van der Waals surface area contributed by atoms with E-state index in [1.807, 2.05) is 18.2 Å². The lowest BCUT2D eigenvalue weighted by atomic mass is 10.0. The van der Waals surface area contributed by atoms with Gasteiger partial charge in [-0.15, -0.1) is 0 Å². The molecule has 2 aromatic rings. The van der Waals surface area contributed by atoms with Crippen molar-refractivity contribution < 1.29 is 9.59 Å². The molecule has 1 heterocycles. The van der Waals surface area contributed by atoms with E-state index in [9.17, 15) is 9.59 Å². The van der Waals surface area contributed by atoms with Gasteiger partial charge >= 0.3 is 0 Å². The van der Waals surface area contributed by atoms with E-state index < -0.39 is 11.9 Å². The summed E-state index contributed by atoms with van der Waals surface area (Å²) >= 11 is 7.16. The van der Waals surface area contributed by atoms with Gasteiger partial charge < -0.3 is 11.1 Å². The Morgan fingerprint density at radius 3 is 2.46 bits per heavy atom. The van der Waals surface area contributed by atoms with Gasteiger partial charge in [-0.25, -0.2) is 0 Å². The average Bonchev–Trinajstić information content (AvgIpc) is 2.58. The molecule has 7 heteroatoms. The zero-order valence-electron chi connectivity index (χ0n) is 12.5. The molecule has 0 saturated heterocycles. The minimum absolute atomic E-state index is 0.185. The normalized spacial score (nSPS) is 20.4. The molecule has 5 nitrogen and oxygen atoms in total. The Hall–Kier alpha value is -2.31. The number of carbonyl (C=O) groups is 2. The van der Waals surface area contributed by atoms with Crippen molar-refractivity contribution in [2.75, 3.05) is 0 Å².